The molecule has 1 heterocycles. The minimum absolute atomic E-state index is 0.0503. The number of nitrogens with zero attached hydrogens (tertiary/aromatic N) is 2. The fourth-order valence-electron chi connectivity index (χ4n) is 3.21. The molecule has 2 rings (SSSR count). The van der Waals surface area contributed by atoms with Crippen LogP contribution >= 0.6 is 0 Å². The van der Waals surface area contributed by atoms with Crippen molar-refractivity contribution >= 4 is 11.6 Å². The predicted octanol–water partition coefficient (Wildman–Crippen LogP) is 1.50. The van der Waals surface area contributed by atoms with E-state index in [2.05, 4.69) is 25.9 Å². The van der Waals surface area contributed by atoms with Gasteiger partial charge < -0.3 is 10.8 Å². The number of carbonyl (C=O) groups is 1. The standard InChI is InChI=1S/C15H27N3O2/c1-15(2,3)13-10(6-5-9-16)14(20)18(17-13)11-7-4-8-12(11)19/h10-12,19H,4-9,16H2,1-3H3. The zero-order valence-corrected chi connectivity index (χ0v) is 12.8. The van der Waals surface area contributed by atoms with Crippen molar-refractivity contribution in [1.82, 2.24) is 5.01 Å². The number of hydrogen-bond acceptors (Lipinski definition) is 4. The molecule has 1 saturated carbocycles. The summed E-state index contributed by atoms with van der Waals surface area (Å²) in [4.78, 5) is 12.7. The second-order valence-electron chi connectivity index (χ2n) is 6.97. The van der Waals surface area contributed by atoms with Gasteiger partial charge in [0, 0.05) is 5.41 Å². The molecule has 20 heavy (non-hydrogen) atoms. The number of nitrogens with two attached hydrogens (primary N) is 1. The van der Waals surface area contributed by atoms with Crippen molar-refractivity contribution in [2.24, 2.45) is 22.2 Å². The number of amides is 1. The fraction of sp³-hybridized carbons (Fsp3) is 0.867. The Morgan fingerprint density at radius 1 is 1.40 bits per heavy atom. The van der Waals surface area contributed by atoms with Gasteiger partial charge in [-0.25, -0.2) is 5.01 Å². The van der Waals surface area contributed by atoms with Crippen molar-refractivity contribution in [3.05, 3.63) is 0 Å². The van der Waals surface area contributed by atoms with E-state index in [1.807, 2.05) is 0 Å². The third-order valence-electron chi connectivity index (χ3n) is 4.29. The van der Waals surface area contributed by atoms with E-state index >= 15 is 0 Å². The van der Waals surface area contributed by atoms with E-state index in [0.717, 1.165) is 37.8 Å². The third-order valence-corrected chi connectivity index (χ3v) is 4.29. The van der Waals surface area contributed by atoms with Crippen LogP contribution < -0.4 is 5.73 Å². The molecule has 0 radical (unpaired) electrons. The molecule has 5 nitrogen and oxygen atoms in total. The molecule has 1 aliphatic carbocycles. The van der Waals surface area contributed by atoms with Crippen molar-refractivity contribution < 1.29 is 9.90 Å². The van der Waals surface area contributed by atoms with E-state index in [1.165, 1.54) is 0 Å². The van der Waals surface area contributed by atoms with Crippen LogP contribution in [-0.4, -0.2) is 40.4 Å². The Kier molecular flexibility index (Phi) is 4.49. The quantitative estimate of drug-likeness (QED) is 0.819. The Morgan fingerprint density at radius 2 is 2.10 bits per heavy atom. The molecule has 114 valence electrons. The van der Waals surface area contributed by atoms with Gasteiger partial charge in [-0.05, 0) is 38.6 Å². The molecule has 3 atom stereocenters. The van der Waals surface area contributed by atoms with E-state index in [-0.39, 0.29) is 23.3 Å². The van der Waals surface area contributed by atoms with Crippen LogP contribution in [0, 0.1) is 11.3 Å². The molecule has 1 aliphatic heterocycles. The minimum atomic E-state index is -0.433. The molecule has 5 heteroatoms. The van der Waals surface area contributed by atoms with Crippen LogP contribution in [0.3, 0.4) is 0 Å². The van der Waals surface area contributed by atoms with Gasteiger partial charge in [-0.3, -0.25) is 4.79 Å². The van der Waals surface area contributed by atoms with Crippen LogP contribution in [0.1, 0.15) is 52.9 Å². The molecule has 3 N–H and O–H groups in total. The van der Waals surface area contributed by atoms with E-state index in [4.69, 9.17) is 5.73 Å². The lowest BCUT2D eigenvalue weighted by Crippen LogP contribution is -2.40. The Hall–Kier alpha value is -0.940. The number of hydrogen-bond donors (Lipinski definition) is 2. The number of aliphatic hydroxyl groups excluding tert-OH is 1. The molecule has 0 saturated heterocycles. The predicted molar refractivity (Wildman–Crippen MR) is 79.2 cm³/mol. The van der Waals surface area contributed by atoms with Gasteiger partial charge in [-0.1, -0.05) is 20.8 Å². The van der Waals surface area contributed by atoms with Crippen LogP contribution in [0.15, 0.2) is 5.10 Å². The van der Waals surface area contributed by atoms with E-state index in [9.17, 15) is 9.90 Å². The summed E-state index contributed by atoms with van der Waals surface area (Å²) in [5, 5.41) is 16.2. The van der Waals surface area contributed by atoms with Crippen LogP contribution in [0.4, 0.5) is 0 Å². The summed E-state index contributed by atoms with van der Waals surface area (Å²) in [7, 11) is 0. The SMILES string of the molecule is CC(C)(C)C1=NN(C2CCCC2O)C(=O)C1CCCN. The van der Waals surface area contributed by atoms with E-state index in [0.29, 0.717) is 6.54 Å². The number of rotatable bonds is 4. The Balaban J connectivity index is 2.22. The molecule has 0 aromatic carbocycles. The first-order chi connectivity index (χ1) is 9.36. The Labute approximate surface area is 121 Å². The summed E-state index contributed by atoms with van der Waals surface area (Å²) < 4.78 is 0. The van der Waals surface area contributed by atoms with Crippen LogP contribution in [0.25, 0.3) is 0 Å². The smallest absolute Gasteiger partial charge is 0.251 e. The zero-order valence-electron chi connectivity index (χ0n) is 12.8. The van der Waals surface area contributed by atoms with E-state index in [1.54, 1.807) is 5.01 Å². The second kappa shape index (κ2) is 5.82. The van der Waals surface area contributed by atoms with Crippen LogP contribution in [-0.2, 0) is 4.79 Å². The summed E-state index contributed by atoms with van der Waals surface area (Å²) in [6, 6.07) is -0.136. The van der Waals surface area contributed by atoms with Gasteiger partial charge in [0.05, 0.1) is 23.8 Å². The highest BCUT2D eigenvalue weighted by Gasteiger charge is 2.45. The van der Waals surface area contributed by atoms with Gasteiger partial charge in [0.2, 0.25) is 0 Å². The molecule has 1 fully saturated rings. The molecule has 0 aromatic rings. The highest BCUT2D eigenvalue weighted by Crippen LogP contribution is 2.35. The summed E-state index contributed by atoms with van der Waals surface area (Å²) in [6.45, 7) is 6.85. The maximum absolute atomic E-state index is 12.7. The fourth-order valence-corrected chi connectivity index (χ4v) is 3.21. The summed E-state index contributed by atoms with van der Waals surface area (Å²) >= 11 is 0. The average Bonchev–Trinajstić information content (AvgIpc) is 2.90. The third kappa shape index (κ3) is 2.88. The maximum atomic E-state index is 12.7. The highest BCUT2D eigenvalue weighted by molar-refractivity contribution is 6.10. The van der Waals surface area contributed by atoms with Gasteiger partial charge in [-0.2, -0.15) is 5.10 Å². The first kappa shape index (κ1) is 15.4. The van der Waals surface area contributed by atoms with Crippen molar-refractivity contribution in [2.45, 2.75) is 65.0 Å². The van der Waals surface area contributed by atoms with E-state index < -0.39 is 6.10 Å². The van der Waals surface area contributed by atoms with Crippen molar-refractivity contribution in [2.75, 3.05) is 6.54 Å². The molecule has 1 amide bonds. The highest BCUT2D eigenvalue weighted by atomic mass is 16.3. The first-order valence-corrected chi connectivity index (χ1v) is 7.66. The normalized spacial score (nSPS) is 31.1. The molecular formula is C15H27N3O2. The largest absolute Gasteiger partial charge is 0.391 e. The van der Waals surface area contributed by atoms with Gasteiger partial charge in [0.25, 0.3) is 5.91 Å². The van der Waals surface area contributed by atoms with Gasteiger partial charge in [0.1, 0.15) is 0 Å². The monoisotopic (exact) mass is 281 g/mol. The van der Waals surface area contributed by atoms with Crippen LogP contribution in [0.5, 0.6) is 0 Å². The van der Waals surface area contributed by atoms with Gasteiger partial charge in [0.15, 0.2) is 0 Å². The van der Waals surface area contributed by atoms with Gasteiger partial charge in [-0.15, -0.1) is 0 Å². The average molecular weight is 281 g/mol. The number of aliphatic hydroxyl groups is 1. The lowest BCUT2D eigenvalue weighted by atomic mass is 9.80. The van der Waals surface area contributed by atoms with Crippen LogP contribution in [0.2, 0.25) is 0 Å². The number of hydrazone groups is 1. The molecule has 0 bridgehead atoms. The van der Waals surface area contributed by atoms with Gasteiger partial charge >= 0.3 is 0 Å². The van der Waals surface area contributed by atoms with Crippen molar-refractivity contribution in [3.63, 3.8) is 0 Å². The Bertz CT molecular complexity index is 400. The number of carbonyl (C=O) groups excluding carboxylic acids is 1. The first-order valence-electron chi connectivity index (χ1n) is 7.66. The summed E-state index contributed by atoms with van der Waals surface area (Å²) in [6.07, 6.45) is 3.72. The molecular weight excluding hydrogens is 254 g/mol. The zero-order chi connectivity index (χ0) is 14.9. The second-order valence-corrected chi connectivity index (χ2v) is 6.97. The summed E-state index contributed by atoms with van der Waals surface area (Å²) in [5.74, 6) is -0.110. The summed E-state index contributed by atoms with van der Waals surface area (Å²) in [5.41, 5.74) is 6.39. The lowest BCUT2D eigenvalue weighted by Gasteiger charge is -2.24. The van der Waals surface area contributed by atoms with Crippen molar-refractivity contribution in [3.8, 4) is 0 Å². The Morgan fingerprint density at radius 3 is 2.60 bits per heavy atom. The molecule has 0 spiro atoms. The minimum Gasteiger partial charge on any atom is -0.391 e. The molecule has 3 unspecified atom stereocenters. The maximum Gasteiger partial charge on any atom is 0.251 e. The topological polar surface area (TPSA) is 78.9 Å². The van der Waals surface area contributed by atoms with Crippen molar-refractivity contribution in [1.29, 1.82) is 0 Å². The molecule has 2 aliphatic rings. The molecule has 0 aromatic heterocycles. The lowest BCUT2D eigenvalue weighted by molar-refractivity contribution is -0.136.